The predicted molar refractivity (Wildman–Crippen MR) is 119 cm³/mol. The molecule has 9 heteroatoms. The van der Waals surface area contributed by atoms with Crippen molar-refractivity contribution in [1.82, 2.24) is 9.97 Å². The number of para-hydroxylation sites is 1. The van der Waals surface area contributed by atoms with Gasteiger partial charge in [-0.2, -0.15) is 0 Å². The molecule has 0 aliphatic carbocycles. The Morgan fingerprint density at radius 3 is 2.50 bits per heavy atom. The Morgan fingerprint density at radius 1 is 1.10 bits per heavy atom. The van der Waals surface area contributed by atoms with Crippen LogP contribution in [0.25, 0.3) is 0 Å². The number of nitrogens with zero attached hydrogens (tertiary/aromatic N) is 2. The van der Waals surface area contributed by atoms with E-state index < -0.39 is 10.0 Å². The van der Waals surface area contributed by atoms with Crippen LogP contribution in [-0.2, 0) is 15.8 Å². The second-order valence-corrected chi connectivity index (χ2v) is 9.00. The van der Waals surface area contributed by atoms with E-state index in [0.29, 0.717) is 28.9 Å². The average molecular weight is 445 g/mol. The molecule has 2 aromatic carbocycles. The van der Waals surface area contributed by atoms with E-state index >= 15 is 0 Å². The van der Waals surface area contributed by atoms with Crippen LogP contribution >= 0.6 is 11.8 Å². The molecule has 30 heavy (non-hydrogen) atoms. The minimum absolute atomic E-state index is 0.0579. The molecule has 3 N–H and O–H groups in total. The number of benzene rings is 2. The van der Waals surface area contributed by atoms with Crippen LogP contribution in [0.3, 0.4) is 0 Å². The molecule has 0 aliphatic rings. The van der Waals surface area contributed by atoms with E-state index in [1.807, 2.05) is 24.3 Å². The molecule has 0 atom stereocenters. The number of nitrogens with one attached hydrogen (secondary N) is 1. The summed E-state index contributed by atoms with van der Waals surface area (Å²) in [6.07, 6.45) is 5.27. The summed E-state index contributed by atoms with van der Waals surface area (Å²) in [4.78, 5) is 8.32. The van der Waals surface area contributed by atoms with Gasteiger partial charge < -0.3 is 10.1 Å². The normalized spacial score (nSPS) is 11.3. The van der Waals surface area contributed by atoms with E-state index in [-0.39, 0.29) is 10.6 Å². The van der Waals surface area contributed by atoms with Crippen LogP contribution in [0.15, 0.2) is 71.0 Å². The highest BCUT2D eigenvalue weighted by Crippen LogP contribution is 2.38. The van der Waals surface area contributed by atoms with Gasteiger partial charge in [0.25, 0.3) is 0 Å². The summed E-state index contributed by atoms with van der Waals surface area (Å²) in [6, 6.07) is 14.2. The monoisotopic (exact) mass is 444 g/mol. The Morgan fingerprint density at radius 2 is 1.83 bits per heavy atom. The van der Waals surface area contributed by atoms with Crippen molar-refractivity contribution in [3.63, 3.8) is 0 Å². The van der Waals surface area contributed by atoms with E-state index in [0.717, 1.165) is 18.4 Å². The number of unbranched alkanes of at least 4 members (excludes halogenated alkanes) is 1. The zero-order valence-corrected chi connectivity index (χ0v) is 18.2. The summed E-state index contributed by atoms with van der Waals surface area (Å²) in [5, 5.41) is 9.45. The van der Waals surface area contributed by atoms with Gasteiger partial charge in [0.2, 0.25) is 10.0 Å². The maximum atomic E-state index is 12.4. The summed E-state index contributed by atoms with van der Waals surface area (Å²) >= 11 is 1.41. The molecule has 3 aromatic rings. The van der Waals surface area contributed by atoms with Crippen molar-refractivity contribution >= 4 is 27.5 Å². The van der Waals surface area contributed by atoms with Gasteiger partial charge in [-0.25, -0.2) is 23.5 Å². The number of hydrogen-bond acceptors (Lipinski definition) is 7. The number of anilines is 1. The number of nitrogens with two attached hydrogens (primary N) is 1. The molecule has 0 unspecified atom stereocenters. The lowest BCUT2D eigenvalue weighted by Gasteiger charge is -2.18. The second-order valence-electron chi connectivity index (χ2n) is 6.53. The molecule has 0 spiro atoms. The van der Waals surface area contributed by atoms with Crippen LogP contribution in [0, 0.1) is 0 Å². The number of rotatable bonds is 10. The first-order valence-corrected chi connectivity index (χ1v) is 12.1. The van der Waals surface area contributed by atoms with Gasteiger partial charge in [-0.15, -0.1) is 0 Å². The van der Waals surface area contributed by atoms with Gasteiger partial charge in [0.15, 0.2) is 10.9 Å². The molecular weight excluding hydrogens is 420 g/mol. The summed E-state index contributed by atoms with van der Waals surface area (Å²) in [5.74, 6) is 1.21. The van der Waals surface area contributed by atoms with Crippen molar-refractivity contribution in [2.24, 2.45) is 5.14 Å². The molecule has 0 radical (unpaired) electrons. The fraction of sp³-hybridized carbons (Fsp3) is 0.238. The van der Waals surface area contributed by atoms with Crippen molar-refractivity contribution in [2.45, 2.75) is 35.6 Å². The van der Waals surface area contributed by atoms with Crippen molar-refractivity contribution in [2.75, 3.05) is 11.9 Å². The van der Waals surface area contributed by atoms with Crippen LogP contribution in [-0.4, -0.2) is 24.9 Å². The van der Waals surface area contributed by atoms with Crippen molar-refractivity contribution in [3.05, 3.63) is 66.5 Å². The highest BCUT2D eigenvalue weighted by atomic mass is 32.2. The summed E-state index contributed by atoms with van der Waals surface area (Å²) in [5.41, 5.74) is 1.36. The van der Waals surface area contributed by atoms with Gasteiger partial charge in [0.1, 0.15) is 10.6 Å². The highest BCUT2D eigenvalue weighted by Gasteiger charge is 2.22. The van der Waals surface area contributed by atoms with Crippen LogP contribution in [0.4, 0.5) is 5.69 Å². The lowest BCUT2D eigenvalue weighted by atomic mass is 10.2. The summed E-state index contributed by atoms with van der Waals surface area (Å²) in [7, 11) is -4.02. The van der Waals surface area contributed by atoms with Gasteiger partial charge in [-0.3, -0.25) is 0 Å². The molecule has 0 aliphatic heterocycles. The largest absolute Gasteiger partial charge is 0.454 e. The molecule has 0 saturated heterocycles. The zero-order chi connectivity index (χ0) is 21.4. The minimum atomic E-state index is -4.02. The van der Waals surface area contributed by atoms with E-state index in [9.17, 15) is 8.42 Å². The van der Waals surface area contributed by atoms with Crippen LogP contribution in [0.2, 0.25) is 0 Å². The molecule has 158 valence electrons. The van der Waals surface area contributed by atoms with Gasteiger partial charge in [-0.05, 0) is 42.3 Å². The summed E-state index contributed by atoms with van der Waals surface area (Å²) < 4.78 is 30.7. The number of aromatic nitrogens is 2. The second kappa shape index (κ2) is 10.4. The minimum Gasteiger partial charge on any atom is -0.454 e. The van der Waals surface area contributed by atoms with Crippen molar-refractivity contribution in [1.29, 1.82) is 0 Å². The molecule has 3 rings (SSSR count). The molecule has 1 aromatic heterocycles. The number of sulfonamides is 1. The molecule has 0 fully saturated rings. The Hall–Kier alpha value is -2.62. The SMILES string of the molecule is CCCCNc1cc(CSc2ncccn2)cc(S(N)(=O)=O)c1Oc1ccccc1. The third kappa shape index (κ3) is 6.19. The van der Waals surface area contributed by atoms with Crippen molar-refractivity contribution in [3.8, 4) is 11.5 Å². The lowest BCUT2D eigenvalue weighted by molar-refractivity contribution is 0.469. The first-order chi connectivity index (χ1) is 14.5. The molecule has 0 saturated carbocycles. The first kappa shape index (κ1) is 22.1. The first-order valence-electron chi connectivity index (χ1n) is 9.53. The van der Waals surface area contributed by atoms with E-state index in [4.69, 9.17) is 9.88 Å². The zero-order valence-electron chi connectivity index (χ0n) is 16.6. The quantitative estimate of drug-likeness (QED) is 0.271. The predicted octanol–water partition coefficient (Wildman–Crippen LogP) is 4.42. The van der Waals surface area contributed by atoms with E-state index in [1.54, 1.807) is 36.7 Å². The smallest absolute Gasteiger partial charge is 0.241 e. The molecule has 0 bridgehead atoms. The molecule has 0 amide bonds. The fourth-order valence-electron chi connectivity index (χ4n) is 2.70. The standard InChI is InChI=1S/C21H24N4O3S2/c1-2-3-10-23-18-13-16(15-29-21-24-11-7-12-25-21)14-19(30(22,26)27)20(18)28-17-8-5-4-6-9-17/h4-9,11-14,23H,2-3,10,15H2,1H3,(H2,22,26,27). The van der Waals surface area contributed by atoms with Crippen LogP contribution in [0.5, 0.6) is 11.5 Å². The topological polar surface area (TPSA) is 107 Å². The maximum Gasteiger partial charge on any atom is 0.241 e. The van der Waals surface area contributed by atoms with Gasteiger partial charge >= 0.3 is 0 Å². The molecule has 1 heterocycles. The van der Waals surface area contributed by atoms with Crippen molar-refractivity contribution < 1.29 is 13.2 Å². The number of primary sulfonamides is 1. The fourth-order valence-corrected chi connectivity index (χ4v) is 4.16. The van der Waals surface area contributed by atoms with Crippen LogP contribution < -0.4 is 15.2 Å². The third-order valence-corrected chi connectivity index (χ3v) is 6.00. The molecular formula is C21H24N4O3S2. The highest BCUT2D eigenvalue weighted by molar-refractivity contribution is 7.98. The van der Waals surface area contributed by atoms with E-state index in [1.165, 1.54) is 11.8 Å². The van der Waals surface area contributed by atoms with Gasteiger partial charge in [0, 0.05) is 24.7 Å². The van der Waals surface area contributed by atoms with E-state index in [2.05, 4.69) is 22.2 Å². The average Bonchev–Trinajstić information content (AvgIpc) is 2.74. The lowest BCUT2D eigenvalue weighted by Crippen LogP contribution is -2.15. The Balaban J connectivity index is 1.99. The van der Waals surface area contributed by atoms with Gasteiger partial charge in [-0.1, -0.05) is 43.3 Å². The van der Waals surface area contributed by atoms with Gasteiger partial charge in [0.05, 0.1) is 5.69 Å². The Labute approximate surface area is 181 Å². The Kier molecular flexibility index (Phi) is 7.67. The maximum absolute atomic E-state index is 12.4. The van der Waals surface area contributed by atoms with Crippen LogP contribution in [0.1, 0.15) is 25.3 Å². The Bertz CT molecular complexity index is 1060. The number of thioether (sulfide) groups is 1. The summed E-state index contributed by atoms with van der Waals surface area (Å²) in [6.45, 7) is 2.77. The molecule has 7 nitrogen and oxygen atoms in total. The third-order valence-electron chi connectivity index (χ3n) is 4.14. The number of hydrogen-bond donors (Lipinski definition) is 2. The number of ether oxygens (including phenoxy) is 1.